The second-order valence-corrected chi connectivity index (χ2v) is 13.9. The number of halogens is 2. The van der Waals surface area contributed by atoms with Crippen LogP contribution in [0.15, 0.2) is 72.8 Å². The first-order valence-electron chi connectivity index (χ1n) is 13.9. The molecule has 0 unspecified atom stereocenters. The van der Waals surface area contributed by atoms with E-state index < -0.39 is 28.5 Å². The van der Waals surface area contributed by atoms with Gasteiger partial charge in [-0.3, -0.25) is 13.9 Å². The van der Waals surface area contributed by atoms with Crippen molar-refractivity contribution < 1.29 is 18.0 Å². The van der Waals surface area contributed by atoms with Crippen LogP contribution in [0.4, 0.5) is 5.69 Å². The molecule has 0 spiro atoms. The van der Waals surface area contributed by atoms with E-state index in [2.05, 4.69) is 5.32 Å². The molecule has 10 heteroatoms. The summed E-state index contributed by atoms with van der Waals surface area (Å²) in [6.07, 6.45) is 1.29. The molecule has 226 valence electrons. The van der Waals surface area contributed by atoms with E-state index in [1.54, 1.807) is 30.3 Å². The van der Waals surface area contributed by atoms with Gasteiger partial charge in [0.2, 0.25) is 21.8 Å². The van der Waals surface area contributed by atoms with Gasteiger partial charge in [0.05, 0.1) is 11.9 Å². The SMILES string of the molecule is CC(C)CNC(=O)[C@@H](Cc1ccccc1)N(Cc1ccc(Cl)cc1Cl)C(=O)CN(c1ccc(C(C)C)cc1)S(C)(=O)=O. The van der Waals surface area contributed by atoms with Crippen LogP contribution < -0.4 is 9.62 Å². The number of rotatable bonds is 13. The average molecular weight is 633 g/mol. The molecule has 3 aromatic rings. The number of nitrogens with zero attached hydrogens (tertiary/aromatic N) is 2. The Hall–Kier alpha value is -3.07. The van der Waals surface area contributed by atoms with Gasteiger partial charge >= 0.3 is 0 Å². The molecule has 1 atom stereocenters. The second kappa shape index (κ2) is 14.9. The predicted molar refractivity (Wildman–Crippen MR) is 172 cm³/mol. The van der Waals surface area contributed by atoms with Crippen LogP contribution in [0.3, 0.4) is 0 Å². The number of nitrogens with one attached hydrogen (secondary N) is 1. The van der Waals surface area contributed by atoms with Crippen LogP contribution in [0.5, 0.6) is 0 Å². The molecule has 7 nitrogen and oxygen atoms in total. The van der Waals surface area contributed by atoms with Crippen LogP contribution >= 0.6 is 23.2 Å². The minimum atomic E-state index is -3.85. The molecule has 0 aliphatic heterocycles. The van der Waals surface area contributed by atoms with E-state index in [-0.39, 0.29) is 30.7 Å². The maximum atomic E-state index is 14.2. The molecular formula is C32H39Cl2N3O4S. The summed E-state index contributed by atoms with van der Waals surface area (Å²) in [6, 6.07) is 20.5. The number of anilines is 1. The molecule has 0 aliphatic carbocycles. The zero-order valence-electron chi connectivity index (χ0n) is 24.7. The Labute approximate surface area is 259 Å². The number of hydrogen-bond acceptors (Lipinski definition) is 4. The van der Waals surface area contributed by atoms with Gasteiger partial charge in [-0.05, 0) is 52.8 Å². The van der Waals surface area contributed by atoms with Crippen LogP contribution in [-0.4, -0.2) is 50.5 Å². The van der Waals surface area contributed by atoms with Gasteiger partial charge in [-0.1, -0.05) is 99.4 Å². The molecule has 1 N–H and O–H groups in total. The fourth-order valence-electron chi connectivity index (χ4n) is 4.45. The van der Waals surface area contributed by atoms with Gasteiger partial charge in [0, 0.05) is 29.6 Å². The van der Waals surface area contributed by atoms with E-state index in [0.717, 1.165) is 21.7 Å². The first-order valence-corrected chi connectivity index (χ1v) is 16.5. The van der Waals surface area contributed by atoms with Crippen LogP contribution in [0.25, 0.3) is 0 Å². The highest BCUT2D eigenvalue weighted by atomic mass is 35.5. The zero-order chi connectivity index (χ0) is 31.0. The number of amides is 2. The third kappa shape index (κ3) is 9.48. The Morgan fingerprint density at radius 1 is 0.905 bits per heavy atom. The molecule has 0 aromatic heterocycles. The predicted octanol–water partition coefficient (Wildman–Crippen LogP) is 6.30. The van der Waals surface area contributed by atoms with E-state index in [9.17, 15) is 18.0 Å². The van der Waals surface area contributed by atoms with Crippen molar-refractivity contribution in [3.05, 3.63) is 99.5 Å². The lowest BCUT2D eigenvalue weighted by atomic mass is 10.0. The van der Waals surface area contributed by atoms with E-state index >= 15 is 0 Å². The van der Waals surface area contributed by atoms with Crippen molar-refractivity contribution in [3.8, 4) is 0 Å². The van der Waals surface area contributed by atoms with Gasteiger partial charge in [0.1, 0.15) is 12.6 Å². The summed E-state index contributed by atoms with van der Waals surface area (Å²) in [5.74, 6) is -0.427. The Morgan fingerprint density at radius 3 is 2.10 bits per heavy atom. The largest absolute Gasteiger partial charge is 0.354 e. The molecule has 3 aromatic carbocycles. The maximum absolute atomic E-state index is 14.2. The average Bonchev–Trinajstić information content (AvgIpc) is 2.93. The van der Waals surface area contributed by atoms with E-state index in [4.69, 9.17) is 23.2 Å². The number of sulfonamides is 1. The number of carbonyl (C=O) groups is 2. The fraction of sp³-hybridized carbons (Fsp3) is 0.375. The van der Waals surface area contributed by atoms with Crippen molar-refractivity contribution in [3.63, 3.8) is 0 Å². The standard InChI is InChI=1S/C32H39Cl2N3O4S/c1-22(2)19-35-32(39)30(17-24-9-7-6-8-10-24)36(20-26-11-14-27(33)18-29(26)34)31(38)21-37(42(5,40)41)28-15-12-25(13-16-28)23(3)4/h6-16,18,22-23,30H,17,19-21H2,1-5H3,(H,35,39)/t30-/m1/s1. The topological polar surface area (TPSA) is 86.8 Å². The smallest absolute Gasteiger partial charge is 0.244 e. The number of benzene rings is 3. The van der Waals surface area contributed by atoms with E-state index in [1.165, 1.54) is 4.90 Å². The van der Waals surface area contributed by atoms with Crippen molar-refractivity contribution in [1.29, 1.82) is 0 Å². The molecule has 2 amide bonds. The number of hydrogen-bond donors (Lipinski definition) is 1. The van der Waals surface area contributed by atoms with Crippen molar-refractivity contribution in [2.24, 2.45) is 5.92 Å². The molecule has 0 saturated heterocycles. The Kier molecular flexibility index (Phi) is 11.9. The second-order valence-electron chi connectivity index (χ2n) is 11.1. The molecule has 42 heavy (non-hydrogen) atoms. The summed E-state index contributed by atoms with van der Waals surface area (Å²) in [6.45, 7) is 7.97. The van der Waals surface area contributed by atoms with E-state index in [0.29, 0.717) is 27.8 Å². The Bertz CT molecular complexity index is 1460. The first kappa shape index (κ1) is 33.4. The molecule has 0 radical (unpaired) electrons. The summed E-state index contributed by atoms with van der Waals surface area (Å²) in [5, 5.41) is 3.73. The Balaban J connectivity index is 2.06. The van der Waals surface area contributed by atoms with Gasteiger partial charge in [-0.15, -0.1) is 0 Å². The minimum absolute atomic E-state index is 0.0225. The van der Waals surface area contributed by atoms with Crippen LogP contribution in [-0.2, 0) is 32.6 Å². The Morgan fingerprint density at radius 2 is 1.55 bits per heavy atom. The van der Waals surface area contributed by atoms with Crippen molar-refractivity contribution in [2.45, 2.75) is 52.6 Å². The summed E-state index contributed by atoms with van der Waals surface area (Å²) in [4.78, 5) is 29.3. The summed E-state index contributed by atoms with van der Waals surface area (Å²) < 4.78 is 27.0. The quantitative estimate of drug-likeness (QED) is 0.240. The van der Waals surface area contributed by atoms with Gasteiger partial charge in [0.15, 0.2) is 0 Å². The first-order chi connectivity index (χ1) is 19.8. The lowest BCUT2D eigenvalue weighted by molar-refractivity contribution is -0.140. The lowest BCUT2D eigenvalue weighted by Crippen LogP contribution is -2.53. The summed E-state index contributed by atoms with van der Waals surface area (Å²) >= 11 is 12.6. The third-order valence-electron chi connectivity index (χ3n) is 6.84. The van der Waals surface area contributed by atoms with Crippen molar-refractivity contribution in [2.75, 3.05) is 23.7 Å². The maximum Gasteiger partial charge on any atom is 0.244 e. The van der Waals surface area contributed by atoms with Crippen LogP contribution in [0, 0.1) is 5.92 Å². The molecule has 3 rings (SSSR count). The number of carbonyl (C=O) groups excluding carboxylic acids is 2. The zero-order valence-corrected chi connectivity index (χ0v) is 27.0. The van der Waals surface area contributed by atoms with Gasteiger partial charge in [-0.25, -0.2) is 8.42 Å². The molecule has 0 saturated carbocycles. The van der Waals surface area contributed by atoms with Crippen LogP contribution in [0.2, 0.25) is 10.0 Å². The highest BCUT2D eigenvalue weighted by molar-refractivity contribution is 7.92. The molecule has 0 aliphatic rings. The van der Waals surface area contributed by atoms with Gasteiger partial charge in [-0.2, -0.15) is 0 Å². The lowest BCUT2D eigenvalue weighted by Gasteiger charge is -2.34. The fourth-order valence-corrected chi connectivity index (χ4v) is 5.77. The summed E-state index contributed by atoms with van der Waals surface area (Å²) in [7, 11) is -3.85. The normalized spacial score (nSPS) is 12.3. The molecule has 0 fully saturated rings. The monoisotopic (exact) mass is 631 g/mol. The summed E-state index contributed by atoms with van der Waals surface area (Å²) in [5.41, 5.74) is 2.84. The van der Waals surface area contributed by atoms with Crippen LogP contribution in [0.1, 0.15) is 50.3 Å². The molecular weight excluding hydrogens is 593 g/mol. The van der Waals surface area contributed by atoms with Gasteiger partial charge < -0.3 is 10.2 Å². The highest BCUT2D eigenvalue weighted by Gasteiger charge is 2.33. The van der Waals surface area contributed by atoms with Crippen molar-refractivity contribution in [1.82, 2.24) is 10.2 Å². The minimum Gasteiger partial charge on any atom is -0.354 e. The van der Waals surface area contributed by atoms with Crippen molar-refractivity contribution >= 4 is 50.7 Å². The van der Waals surface area contributed by atoms with E-state index in [1.807, 2.05) is 70.2 Å². The van der Waals surface area contributed by atoms with Gasteiger partial charge in [0.25, 0.3) is 0 Å². The highest BCUT2D eigenvalue weighted by Crippen LogP contribution is 2.26. The molecule has 0 heterocycles. The molecule has 0 bridgehead atoms. The third-order valence-corrected chi connectivity index (χ3v) is 8.57.